The smallest absolute Gasteiger partial charge is 0.326 e. The number of carboxylic acids is 1. The van der Waals surface area contributed by atoms with Gasteiger partial charge in [0.2, 0.25) is 17.7 Å². The number of fused-ring (bicyclic) bond motifs is 1. The number of H-pyrrole nitrogens is 1. The molecule has 1 aromatic heterocycles. The summed E-state index contributed by atoms with van der Waals surface area (Å²) in [6.45, 7) is 11.4. The average Bonchev–Trinajstić information content (AvgIpc) is 3.27. The van der Waals surface area contributed by atoms with E-state index in [2.05, 4.69) is 20.9 Å². The van der Waals surface area contributed by atoms with Crippen molar-refractivity contribution in [3.63, 3.8) is 0 Å². The molecule has 10 heteroatoms. The summed E-state index contributed by atoms with van der Waals surface area (Å²) in [5, 5.41) is 18.7. The van der Waals surface area contributed by atoms with Gasteiger partial charge in [-0.25, -0.2) is 4.79 Å². The van der Waals surface area contributed by atoms with Crippen molar-refractivity contribution in [3.8, 4) is 0 Å². The van der Waals surface area contributed by atoms with Crippen LogP contribution in [0.3, 0.4) is 0 Å². The van der Waals surface area contributed by atoms with Crippen molar-refractivity contribution < 1.29 is 24.3 Å². The number of hydrogen-bond acceptors (Lipinski definition) is 5. The highest BCUT2D eigenvalue weighted by atomic mass is 16.4. The molecule has 0 saturated carbocycles. The Bertz CT molecular complexity index is 1130. The Morgan fingerprint density at radius 1 is 0.872 bits per heavy atom. The second-order valence-electron chi connectivity index (χ2n) is 11.3. The predicted molar refractivity (Wildman–Crippen MR) is 152 cm³/mol. The molecule has 1 heterocycles. The molecular weight excluding hydrogens is 498 g/mol. The van der Waals surface area contributed by atoms with Crippen molar-refractivity contribution in [2.45, 2.75) is 91.4 Å². The van der Waals surface area contributed by atoms with Crippen molar-refractivity contribution in [3.05, 3.63) is 36.0 Å². The third-order valence-electron chi connectivity index (χ3n) is 6.91. The molecule has 0 bridgehead atoms. The second-order valence-corrected chi connectivity index (χ2v) is 11.3. The number of carbonyl (C=O) groups is 4. The minimum atomic E-state index is -1.13. The summed E-state index contributed by atoms with van der Waals surface area (Å²) in [7, 11) is 0. The number of nitrogens with two attached hydrogens (primary N) is 1. The molecule has 0 aliphatic heterocycles. The topological polar surface area (TPSA) is 166 Å². The van der Waals surface area contributed by atoms with Gasteiger partial charge in [0, 0.05) is 23.5 Å². The summed E-state index contributed by atoms with van der Waals surface area (Å²) in [4.78, 5) is 54.8. The van der Waals surface area contributed by atoms with Gasteiger partial charge in [-0.1, -0.05) is 66.2 Å². The van der Waals surface area contributed by atoms with Gasteiger partial charge >= 0.3 is 5.97 Å². The normalized spacial score (nSPS) is 15.4. The third-order valence-corrected chi connectivity index (χ3v) is 6.91. The Labute approximate surface area is 230 Å². The lowest BCUT2D eigenvalue weighted by Crippen LogP contribution is -2.59. The molecule has 1 aromatic carbocycles. The monoisotopic (exact) mass is 543 g/mol. The van der Waals surface area contributed by atoms with E-state index in [1.807, 2.05) is 65.8 Å². The van der Waals surface area contributed by atoms with Crippen LogP contribution in [-0.2, 0) is 25.6 Å². The summed E-state index contributed by atoms with van der Waals surface area (Å²) in [5.74, 6) is -2.73. The summed E-state index contributed by atoms with van der Waals surface area (Å²) in [5.41, 5.74) is 7.83. The summed E-state index contributed by atoms with van der Waals surface area (Å²) < 4.78 is 0. The van der Waals surface area contributed by atoms with Crippen LogP contribution in [-0.4, -0.2) is 57.9 Å². The molecular formula is C29H45N5O5. The van der Waals surface area contributed by atoms with Crippen LogP contribution in [0.5, 0.6) is 0 Å². The highest BCUT2D eigenvalue weighted by Gasteiger charge is 2.33. The number of aromatic nitrogens is 1. The van der Waals surface area contributed by atoms with E-state index in [9.17, 15) is 24.3 Å². The fourth-order valence-electron chi connectivity index (χ4n) is 4.53. The van der Waals surface area contributed by atoms with E-state index in [1.54, 1.807) is 6.20 Å². The Kier molecular flexibility index (Phi) is 12.0. The van der Waals surface area contributed by atoms with Crippen LogP contribution in [0.25, 0.3) is 10.9 Å². The van der Waals surface area contributed by atoms with Crippen LogP contribution in [0.2, 0.25) is 0 Å². The SMILES string of the molecule is CCC(C)C(NC(=O)C(Cc1c[nH]c2ccccc12)NC(=O)C(N)CC(C)C)C(=O)NC(CC(C)C)C(=O)O. The first-order valence-electron chi connectivity index (χ1n) is 13.8. The van der Waals surface area contributed by atoms with E-state index in [0.717, 1.165) is 16.5 Å². The lowest BCUT2D eigenvalue weighted by Gasteiger charge is -2.28. The van der Waals surface area contributed by atoms with Crippen LogP contribution in [0.1, 0.15) is 66.4 Å². The summed E-state index contributed by atoms with van der Waals surface area (Å²) in [6, 6.07) is 3.80. The zero-order valence-electron chi connectivity index (χ0n) is 23.9. The van der Waals surface area contributed by atoms with Gasteiger partial charge in [-0.3, -0.25) is 14.4 Å². The van der Waals surface area contributed by atoms with Gasteiger partial charge < -0.3 is 31.8 Å². The molecule has 5 unspecified atom stereocenters. The minimum absolute atomic E-state index is 0.0499. The largest absolute Gasteiger partial charge is 0.480 e. The molecule has 3 amide bonds. The fourth-order valence-corrected chi connectivity index (χ4v) is 4.53. The maximum Gasteiger partial charge on any atom is 0.326 e. The van der Waals surface area contributed by atoms with Crippen LogP contribution >= 0.6 is 0 Å². The number of amides is 3. The van der Waals surface area contributed by atoms with Gasteiger partial charge in [0.05, 0.1) is 6.04 Å². The van der Waals surface area contributed by atoms with E-state index >= 15 is 0 Å². The maximum absolute atomic E-state index is 13.6. The molecule has 0 radical (unpaired) electrons. The molecule has 39 heavy (non-hydrogen) atoms. The molecule has 0 spiro atoms. The van der Waals surface area contributed by atoms with Gasteiger partial charge in [0.1, 0.15) is 18.1 Å². The van der Waals surface area contributed by atoms with E-state index in [-0.39, 0.29) is 30.6 Å². The molecule has 216 valence electrons. The first kappa shape index (κ1) is 31.8. The van der Waals surface area contributed by atoms with Crippen LogP contribution in [0.15, 0.2) is 30.5 Å². The molecule has 0 aliphatic carbocycles. The van der Waals surface area contributed by atoms with Crippen LogP contribution in [0, 0.1) is 17.8 Å². The van der Waals surface area contributed by atoms with Gasteiger partial charge in [-0.2, -0.15) is 0 Å². The Morgan fingerprint density at radius 2 is 1.49 bits per heavy atom. The molecule has 7 N–H and O–H groups in total. The van der Waals surface area contributed by atoms with Crippen LogP contribution < -0.4 is 21.7 Å². The van der Waals surface area contributed by atoms with Gasteiger partial charge in [0.15, 0.2) is 0 Å². The summed E-state index contributed by atoms with van der Waals surface area (Å²) in [6.07, 6.45) is 3.26. The Balaban J connectivity index is 2.32. The van der Waals surface area contributed by atoms with E-state index in [4.69, 9.17) is 5.73 Å². The van der Waals surface area contributed by atoms with Crippen molar-refractivity contribution in [2.24, 2.45) is 23.5 Å². The zero-order valence-corrected chi connectivity index (χ0v) is 23.9. The van der Waals surface area contributed by atoms with E-state index < -0.39 is 47.9 Å². The van der Waals surface area contributed by atoms with Crippen molar-refractivity contribution in [2.75, 3.05) is 0 Å². The number of carbonyl (C=O) groups excluding carboxylic acids is 3. The number of carboxylic acid groups (broad SMARTS) is 1. The molecule has 5 atom stereocenters. The predicted octanol–water partition coefficient (Wildman–Crippen LogP) is 2.72. The van der Waals surface area contributed by atoms with E-state index in [0.29, 0.717) is 12.8 Å². The second kappa shape index (κ2) is 14.7. The first-order chi connectivity index (χ1) is 18.3. The Morgan fingerprint density at radius 3 is 2.08 bits per heavy atom. The molecule has 10 nitrogen and oxygen atoms in total. The number of hydrogen-bond donors (Lipinski definition) is 6. The quantitative estimate of drug-likeness (QED) is 0.202. The molecule has 0 fully saturated rings. The lowest BCUT2D eigenvalue weighted by atomic mass is 9.96. The molecule has 0 aliphatic rings. The van der Waals surface area contributed by atoms with Crippen LogP contribution in [0.4, 0.5) is 0 Å². The lowest BCUT2D eigenvalue weighted by molar-refractivity contribution is -0.143. The fraction of sp³-hybridized carbons (Fsp3) is 0.586. The highest BCUT2D eigenvalue weighted by Crippen LogP contribution is 2.20. The number of nitrogens with one attached hydrogen (secondary N) is 4. The van der Waals surface area contributed by atoms with Gasteiger partial charge in [0.25, 0.3) is 0 Å². The molecule has 2 rings (SSSR count). The Hall–Kier alpha value is -3.40. The van der Waals surface area contributed by atoms with Gasteiger partial charge in [-0.15, -0.1) is 0 Å². The van der Waals surface area contributed by atoms with Crippen molar-refractivity contribution in [1.82, 2.24) is 20.9 Å². The van der Waals surface area contributed by atoms with Crippen molar-refractivity contribution >= 4 is 34.6 Å². The molecule has 0 saturated heterocycles. The zero-order chi connectivity index (χ0) is 29.3. The number of aromatic amines is 1. The van der Waals surface area contributed by atoms with Gasteiger partial charge in [-0.05, 0) is 42.2 Å². The number of aliphatic carboxylic acids is 1. The minimum Gasteiger partial charge on any atom is -0.480 e. The highest BCUT2D eigenvalue weighted by molar-refractivity contribution is 5.95. The number of rotatable bonds is 15. The third kappa shape index (κ3) is 9.38. The van der Waals surface area contributed by atoms with E-state index in [1.165, 1.54) is 0 Å². The summed E-state index contributed by atoms with van der Waals surface area (Å²) >= 11 is 0. The number of para-hydroxylation sites is 1. The first-order valence-corrected chi connectivity index (χ1v) is 13.8. The maximum atomic E-state index is 13.6. The average molecular weight is 544 g/mol. The molecule has 2 aromatic rings. The standard InChI is InChI=1S/C29H45N5O5/c1-7-18(6)25(28(37)33-24(29(38)39)13-17(4)5)34-27(36)23(32-26(35)21(30)12-16(2)3)14-19-15-31-22-11-9-8-10-20(19)22/h8-11,15-18,21,23-25,31H,7,12-14,30H2,1-6H3,(H,32,35)(H,33,37)(H,34,36)(H,38,39). The van der Waals surface area contributed by atoms with Crippen molar-refractivity contribution in [1.29, 1.82) is 0 Å². The number of benzene rings is 1.